The van der Waals surface area contributed by atoms with Crippen LogP contribution in [0.1, 0.15) is 63.7 Å². The number of halogens is 1. The average Bonchev–Trinajstić information content (AvgIpc) is 3.31. The molecule has 2 aliphatic heterocycles. The molecule has 4 rings (SSSR count). The summed E-state index contributed by atoms with van der Waals surface area (Å²) in [5.41, 5.74) is 2.87. The van der Waals surface area contributed by atoms with Crippen molar-refractivity contribution in [3.05, 3.63) is 63.9 Å². The smallest absolute Gasteiger partial charge is 0.255 e. The van der Waals surface area contributed by atoms with Gasteiger partial charge in [0.05, 0.1) is 27.9 Å². The number of carbonyl (C=O) groups is 2. The first-order chi connectivity index (χ1) is 15.0. The molecular weight excluding hydrogens is 414 g/mol. The van der Waals surface area contributed by atoms with Crippen LogP contribution in [0.2, 0.25) is 5.02 Å². The van der Waals surface area contributed by atoms with Crippen molar-refractivity contribution in [1.82, 2.24) is 15.2 Å². The van der Waals surface area contributed by atoms with Crippen molar-refractivity contribution < 1.29 is 14.3 Å². The predicted molar refractivity (Wildman–Crippen MR) is 120 cm³/mol. The summed E-state index contributed by atoms with van der Waals surface area (Å²) in [6, 6.07) is 10.9. The summed E-state index contributed by atoms with van der Waals surface area (Å²) >= 11 is 6.20. The molecule has 164 valence electrons. The molecule has 0 spiro atoms. The molecule has 2 aromatic rings. The van der Waals surface area contributed by atoms with Crippen LogP contribution in [-0.2, 0) is 4.74 Å². The summed E-state index contributed by atoms with van der Waals surface area (Å²) in [4.78, 5) is 32.3. The Kier molecular flexibility index (Phi) is 6.88. The minimum absolute atomic E-state index is 0.0456. The maximum atomic E-state index is 12.9. The molecule has 2 amide bonds. The summed E-state index contributed by atoms with van der Waals surface area (Å²) in [5, 5.41) is 3.48. The zero-order valence-corrected chi connectivity index (χ0v) is 18.5. The van der Waals surface area contributed by atoms with Crippen LogP contribution < -0.4 is 5.32 Å². The van der Waals surface area contributed by atoms with Gasteiger partial charge in [-0.15, -0.1) is 0 Å². The third-order valence-corrected chi connectivity index (χ3v) is 6.43. The molecule has 7 heteroatoms. The van der Waals surface area contributed by atoms with Gasteiger partial charge in [-0.2, -0.15) is 0 Å². The van der Waals surface area contributed by atoms with Gasteiger partial charge in [-0.3, -0.25) is 14.6 Å². The number of hydrogen-bond donors (Lipinski definition) is 1. The van der Waals surface area contributed by atoms with Crippen molar-refractivity contribution in [2.45, 2.75) is 44.6 Å². The number of pyridine rings is 1. The van der Waals surface area contributed by atoms with Gasteiger partial charge in [-0.1, -0.05) is 23.7 Å². The number of carbonyl (C=O) groups excluding carboxylic acids is 2. The highest BCUT2D eigenvalue weighted by atomic mass is 35.5. The molecule has 6 nitrogen and oxygen atoms in total. The third-order valence-electron chi connectivity index (χ3n) is 6.10. The maximum Gasteiger partial charge on any atom is 0.255 e. The summed E-state index contributed by atoms with van der Waals surface area (Å²) in [5.74, 6) is -0.0120. The number of hydrogen-bond acceptors (Lipinski definition) is 4. The Morgan fingerprint density at radius 3 is 2.61 bits per heavy atom. The highest BCUT2D eigenvalue weighted by Gasteiger charge is 2.29. The molecule has 0 radical (unpaired) electrons. The standard InChI is InChI=1S/C24H28ClN3O3/c1-16-8-9-20(23(29)26-15-18-5-4-14-31-18)22(27-16)17-10-12-28(13-11-17)24(30)19-6-2-3-7-21(19)25/h2-3,6-9,17-18H,4-5,10-15H2,1H3,(H,26,29)/t18-/m0/s1. The van der Waals surface area contributed by atoms with Crippen molar-refractivity contribution in [3.63, 3.8) is 0 Å². The second-order valence-electron chi connectivity index (χ2n) is 8.28. The molecule has 0 bridgehead atoms. The number of amides is 2. The van der Waals surface area contributed by atoms with Gasteiger partial charge >= 0.3 is 0 Å². The van der Waals surface area contributed by atoms with Crippen molar-refractivity contribution in [2.24, 2.45) is 0 Å². The quantitative estimate of drug-likeness (QED) is 0.762. The Balaban J connectivity index is 1.43. The van der Waals surface area contributed by atoms with Crippen LogP contribution >= 0.6 is 11.6 Å². The predicted octanol–water partition coefficient (Wildman–Crippen LogP) is 3.97. The topological polar surface area (TPSA) is 71.5 Å². The summed E-state index contributed by atoms with van der Waals surface area (Å²) in [6.45, 7) is 4.45. The molecule has 1 aromatic heterocycles. The minimum atomic E-state index is -0.104. The molecule has 31 heavy (non-hydrogen) atoms. The normalized spacial score (nSPS) is 19.4. The Morgan fingerprint density at radius 2 is 1.90 bits per heavy atom. The lowest BCUT2D eigenvalue weighted by atomic mass is 9.89. The first kappa shape index (κ1) is 21.8. The average molecular weight is 442 g/mol. The molecule has 3 heterocycles. The van der Waals surface area contributed by atoms with Gasteiger partial charge in [0.2, 0.25) is 0 Å². The van der Waals surface area contributed by atoms with E-state index in [9.17, 15) is 9.59 Å². The first-order valence-corrected chi connectivity index (χ1v) is 11.3. The zero-order valence-electron chi connectivity index (χ0n) is 17.8. The third kappa shape index (κ3) is 5.08. The second kappa shape index (κ2) is 9.79. The van der Waals surface area contributed by atoms with Crippen LogP contribution in [-0.4, -0.2) is 54.0 Å². The van der Waals surface area contributed by atoms with Gasteiger partial charge in [0, 0.05) is 37.9 Å². The number of likely N-dealkylation sites (tertiary alicyclic amines) is 1. The van der Waals surface area contributed by atoms with E-state index < -0.39 is 0 Å². The number of aryl methyl sites for hydroxylation is 1. The Morgan fingerprint density at radius 1 is 1.13 bits per heavy atom. The molecule has 0 aliphatic carbocycles. The SMILES string of the molecule is Cc1ccc(C(=O)NC[C@@H]2CCCO2)c(C2CCN(C(=O)c3ccccc3Cl)CC2)n1. The van der Waals surface area contributed by atoms with Crippen molar-refractivity contribution >= 4 is 23.4 Å². The second-order valence-corrected chi connectivity index (χ2v) is 8.68. The molecule has 2 saturated heterocycles. The fourth-order valence-electron chi connectivity index (χ4n) is 4.35. The number of rotatable bonds is 5. The monoisotopic (exact) mass is 441 g/mol. The highest BCUT2D eigenvalue weighted by molar-refractivity contribution is 6.33. The van der Waals surface area contributed by atoms with E-state index in [1.807, 2.05) is 36.1 Å². The molecular formula is C24H28ClN3O3. The summed E-state index contributed by atoms with van der Waals surface area (Å²) < 4.78 is 5.61. The van der Waals surface area contributed by atoms with Gasteiger partial charge < -0.3 is 15.0 Å². The van der Waals surface area contributed by atoms with Crippen molar-refractivity contribution in [2.75, 3.05) is 26.2 Å². The molecule has 2 aliphatic rings. The number of ether oxygens (including phenoxy) is 1. The van der Waals surface area contributed by atoms with Crippen molar-refractivity contribution in [3.8, 4) is 0 Å². The summed E-state index contributed by atoms with van der Waals surface area (Å²) in [7, 11) is 0. The van der Waals surface area contributed by atoms with Crippen LogP contribution in [0.5, 0.6) is 0 Å². The molecule has 1 N–H and O–H groups in total. The van der Waals surface area contributed by atoms with Crippen LogP contribution in [0.15, 0.2) is 36.4 Å². The summed E-state index contributed by atoms with van der Waals surface area (Å²) in [6.07, 6.45) is 3.66. The Hall–Kier alpha value is -2.44. The Bertz CT molecular complexity index is 951. The fraction of sp³-hybridized carbons (Fsp3) is 0.458. The molecule has 0 unspecified atom stereocenters. The van der Waals surface area contributed by atoms with Crippen LogP contribution in [0.4, 0.5) is 0 Å². The lowest BCUT2D eigenvalue weighted by Crippen LogP contribution is -2.39. The van der Waals surface area contributed by atoms with E-state index in [2.05, 4.69) is 5.32 Å². The number of nitrogens with zero attached hydrogens (tertiary/aromatic N) is 2. The van der Waals surface area contributed by atoms with E-state index in [0.29, 0.717) is 35.8 Å². The minimum Gasteiger partial charge on any atom is -0.376 e. The van der Waals surface area contributed by atoms with E-state index in [0.717, 1.165) is 43.7 Å². The van der Waals surface area contributed by atoms with Gasteiger partial charge in [0.15, 0.2) is 0 Å². The number of nitrogens with one attached hydrogen (secondary N) is 1. The van der Waals surface area contributed by atoms with E-state index in [1.54, 1.807) is 12.1 Å². The lowest BCUT2D eigenvalue weighted by Gasteiger charge is -2.32. The van der Waals surface area contributed by atoms with Gasteiger partial charge in [0.1, 0.15) is 0 Å². The van der Waals surface area contributed by atoms with Crippen molar-refractivity contribution in [1.29, 1.82) is 0 Å². The molecule has 0 saturated carbocycles. The van der Waals surface area contributed by atoms with Gasteiger partial charge in [0.25, 0.3) is 11.8 Å². The molecule has 1 aromatic carbocycles. The highest BCUT2D eigenvalue weighted by Crippen LogP contribution is 2.31. The lowest BCUT2D eigenvalue weighted by molar-refractivity contribution is 0.0710. The van der Waals surface area contributed by atoms with E-state index >= 15 is 0 Å². The van der Waals surface area contributed by atoms with Gasteiger partial charge in [-0.25, -0.2) is 0 Å². The zero-order chi connectivity index (χ0) is 21.8. The largest absolute Gasteiger partial charge is 0.376 e. The fourth-order valence-corrected chi connectivity index (χ4v) is 4.56. The molecule has 1 atom stereocenters. The van der Waals surface area contributed by atoms with Crippen LogP contribution in [0, 0.1) is 6.92 Å². The van der Waals surface area contributed by atoms with Gasteiger partial charge in [-0.05, 0) is 56.9 Å². The Labute approximate surface area is 187 Å². The first-order valence-electron chi connectivity index (χ1n) is 10.9. The van der Waals surface area contributed by atoms with E-state index in [1.165, 1.54) is 0 Å². The number of piperidine rings is 1. The molecule has 2 fully saturated rings. The van der Waals surface area contributed by atoms with E-state index in [4.69, 9.17) is 21.3 Å². The number of benzene rings is 1. The van der Waals surface area contributed by atoms with Crippen LogP contribution in [0.3, 0.4) is 0 Å². The van der Waals surface area contributed by atoms with E-state index in [-0.39, 0.29) is 23.8 Å². The maximum absolute atomic E-state index is 12.9. The van der Waals surface area contributed by atoms with Crippen LogP contribution in [0.25, 0.3) is 0 Å². The number of aromatic nitrogens is 1.